The molecule has 0 radical (unpaired) electrons. The largest absolute Gasteiger partial charge is 0.292 e. The van der Waals surface area contributed by atoms with E-state index in [0.29, 0.717) is 35.6 Å². The summed E-state index contributed by atoms with van der Waals surface area (Å²) in [6, 6.07) is 15.6. The van der Waals surface area contributed by atoms with Crippen LogP contribution in [0, 0.1) is 12.7 Å². The molecule has 0 aliphatic rings. The number of hydrogen-bond acceptors (Lipinski definition) is 3. The minimum Gasteiger partial charge on any atom is -0.292 e. The van der Waals surface area contributed by atoms with Crippen LogP contribution in [0.4, 0.5) is 4.39 Å². The molecule has 28 heavy (non-hydrogen) atoms. The van der Waals surface area contributed by atoms with Crippen molar-refractivity contribution in [3.05, 3.63) is 100 Å². The Balaban J connectivity index is 2.20. The second-order valence-electron chi connectivity index (χ2n) is 6.37. The van der Waals surface area contributed by atoms with E-state index in [1.165, 1.54) is 12.1 Å². The number of thiol groups is 1. The molecule has 3 aromatic rings. The van der Waals surface area contributed by atoms with E-state index in [1.54, 1.807) is 35.8 Å². The summed E-state index contributed by atoms with van der Waals surface area (Å²) in [7, 11) is 0. The molecule has 5 heteroatoms. The van der Waals surface area contributed by atoms with Crippen molar-refractivity contribution in [2.75, 3.05) is 0 Å². The lowest BCUT2D eigenvalue weighted by molar-refractivity contribution is 0.626. The van der Waals surface area contributed by atoms with Gasteiger partial charge in [-0.15, -0.1) is 12.6 Å². The Bertz CT molecular complexity index is 1090. The second kappa shape index (κ2) is 8.85. The van der Waals surface area contributed by atoms with E-state index in [9.17, 15) is 9.18 Å². The molecule has 0 N–H and O–H groups in total. The van der Waals surface area contributed by atoms with Crippen molar-refractivity contribution in [3.63, 3.8) is 0 Å². The Morgan fingerprint density at radius 1 is 1.18 bits per heavy atom. The maximum Gasteiger partial charge on any atom is 0.261 e. The molecule has 0 spiro atoms. The first-order valence-corrected chi connectivity index (χ1v) is 9.39. The summed E-state index contributed by atoms with van der Waals surface area (Å²) in [4.78, 5) is 18.9. The van der Waals surface area contributed by atoms with Gasteiger partial charge in [-0.1, -0.05) is 61.2 Å². The number of aryl methyl sites for hydroxylation is 1. The zero-order chi connectivity index (χ0) is 20.1. The molecule has 0 amide bonds. The van der Waals surface area contributed by atoms with Crippen molar-refractivity contribution in [1.82, 2.24) is 9.55 Å². The summed E-state index contributed by atoms with van der Waals surface area (Å²) in [5.74, 6) is 0.0749. The zero-order valence-electron chi connectivity index (χ0n) is 15.6. The molecule has 1 aromatic heterocycles. The zero-order valence-corrected chi connectivity index (χ0v) is 16.5. The Morgan fingerprint density at radius 3 is 2.57 bits per heavy atom. The van der Waals surface area contributed by atoms with Gasteiger partial charge in [-0.2, -0.15) is 0 Å². The van der Waals surface area contributed by atoms with Gasteiger partial charge in [0.25, 0.3) is 5.56 Å². The molecular formula is C23H21FN2OS. The number of aromatic nitrogens is 2. The smallest absolute Gasteiger partial charge is 0.261 e. The lowest BCUT2D eigenvalue weighted by Gasteiger charge is -2.16. The summed E-state index contributed by atoms with van der Waals surface area (Å²) >= 11 is 4.42. The molecule has 0 fully saturated rings. The van der Waals surface area contributed by atoms with Crippen molar-refractivity contribution in [2.45, 2.75) is 19.9 Å². The Kier molecular flexibility index (Phi) is 6.26. The SMILES string of the molecule is C=C/C=C(\S)CCn1c(-c2cccc(F)c2)nc(C)c(-c2ccccc2)c1=O. The molecule has 3 nitrogen and oxygen atoms in total. The van der Waals surface area contributed by atoms with Crippen LogP contribution >= 0.6 is 12.6 Å². The molecule has 142 valence electrons. The molecule has 0 saturated carbocycles. The monoisotopic (exact) mass is 392 g/mol. The molecule has 3 rings (SSSR count). The number of hydrogen-bond donors (Lipinski definition) is 1. The predicted molar refractivity (Wildman–Crippen MR) is 116 cm³/mol. The van der Waals surface area contributed by atoms with Crippen LogP contribution in [0.15, 0.2) is 83.0 Å². The predicted octanol–water partition coefficient (Wildman–Crippen LogP) is 5.41. The lowest BCUT2D eigenvalue weighted by atomic mass is 10.0. The van der Waals surface area contributed by atoms with Gasteiger partial charge in [-0.05, 0) is 35.9 Å². The lowest BCUT2D eigenvalue weighted by Crippen LogP contribution is -2.26. The highest BCUT2D eigenvalue weighted by Gasteiger charge is 2.17. The van der Waals surface area contributed by atoms with Gasteiger partial charge in [0.15, 0.2) is 0 Å². The molecule has 1 heterocycles. The van der Waals surface area contributed by atoms with Crippen molar-refractivity contribution in [2.24, 2.45) is 0 Å². The standard InChI is InChI=1S/C23H21FN2OS/c1-3-8-20(28)13-14-26-22(18-11-7-12-19(24)15-18)25-16(2)21(23(26)27)17-9-5-4-6-10-17/h3-12,15,28H,1,13-14H2,2H3/b20-8-. The second-order valence-corrected chi connectivity index (χ2v) is 6.95. The highest BCUT2D eigenvalue weighted by Crippen LogP contribution is 2.24. The molecule has 0 unspecified atom stereocenters. The normalized spacial score (nSPS) is 11.5. The van der Waals surface area contributed by atoms with Crippen LogP contribution in [0.3, 0.4) is 0 Å². The van der Waals surface area contributed by atoms with Gasteiger partial charge in [0.2, 0.25) is 0 Å². The average Bonchev–Trinajstić information content (AvgIpc) is 2.68. The Labute approximate surface area is 169 Å². The summed E-state index contributed by atoms with van der Waals surface area (Å²) in [5.41, 5.74) is 2.38. The molecule has 0 bridgehead atoms. The fourth-order valence-electron chi connectivity index (χ4n) is 3.10. The topological polar surface area (TPSA) is 34.9 Å². The number of rotatable bonds is 6. The third-order valence-corrected chi connectivity index (χ3v) is 4.77. The van der Waals surface area contributed by atoms with Crippen LogP contribution in [0.25, 0.3) is 22.5 Å². The summed E-state index contributed by atoms with van der Waals surface area (Å²) in [5, 5.41) is 0. The Hall–Kier alpha value is -2.92. The maximum atomic E-state index is 13.8. The molecule has 0 saturated heterocycles. The number of benzene rings is 2. The van der Waals surface area contributed by atoms with Gasteiger partial charge in [0.1, 0.15) is 11.6 Å². The van der Waals surface area contributed by atoms with Crippen LogP contribution in [-0.4, -0.2) is 9.55 Å². The van der Waals surface area contributed by atoms with E-state index in [4.69, 9.17) is 0 Å². The van der Waals surface area contributed by atoms with Crippen LogP contribution in [0.2, 0.25) is 0 Å². The number of nitrogens with zero attached hydrogens (tertiary/aromatic N) is 2. The van der Waals surface area contributed by atoms with E-state index in [1.807, 2.05) is 30.3 Å². The van der Waals surface area contributed by atoms with Gasteiger partial charge in [0.05, 0.1) is 11.3 Å². The van der Waals surface area contributed by atoms with Crippen molar-refractivity contribution < 1.29 is 4.39 Å². The van der Waals surface area contributed by atoms with E-state index < -0.39 is 0 Å². The highest BCUT2D eigenvalue weighted by atomic mass is 32.1. The minimum atomic E-state index is -0.371. The van der Waals surface area contributed by atoms with Crippen molar-refractivity contribution in [1.29, 1.82) is 0 Å². The first-order valence-electron chi connectivity index (χ1n) is 8.94. The molecule has 0 atom stereocenters. The van der Waals surface area contributed by atoms with E-state index in [0.717, 1.165) is 10.5 Å². The fourth-order valence-corrected chi connectivity index (χ4v) is 3.30. The molecular weight excluding hydrogens is 371 g/mol. The van der Waals surface area contributed by atoms with Gasteiger partial charge < -0.3 is 0 Å². The van der Waals surface area contributed by atoms with Crippen molar-refractivity contribution in [3.8, 4) is 22.5 Å². The van der Waals surface area contributed by atoms with E-state index in [2.05, 4.69) is 24.2 Å². The third-order valence-electron chi connectivity index (χ3n) is 4.40. The number of allylic oxidation sites excluding steroid dienone is 3. The fraction of sp³-hybridized carbons (Fsp3) is 0.130. The van der Waals surface area contributed by atoms with E-state index in [-0.39, 0.29) is 11.4 Å². The first kappa shape index (κ1) is 19.8. The first-order chi connectivity index (χ1) is 13.5. The van der Waals surface area contributed by atoms with Crippen molar-refractivity contribution >= 4 is 12.6 Å². The van der Waals surface area contributed by atoms with Gasteiger partial charge >= 0.3 is 0 Å². The van der Waals surface area contributed by atoms with E-state index >= 15 is 0 Å². The molecule has 0 aliphatic heterocycles. The minimum absolute atomic E-state index is 0.155. The molecule has 0 aliphatic carbocycles. The quantitative estimate of drug-likeness (QED) is 0.449. The average molecular weight is 392 g/mol. The van der Waals surface area contributed by atoms with Crippen LogP contribution in [0.5, 0.6) is 0 Å². The highest BCUT2D eigenvalue weighted by molar-refractivity contribution is 7.84. The summed E-state index contributed by atoms with van der Waals surface area (Å²) in [6.45, 7) is 5.85. The summed E-state index contributed by atoms with van der Waals surface area (Å²) < 4.78 is 15.4. The number of halogens is 1. The summed E-state index contributed by atoms with van der Waals surface area (Å²) in [6.07, 6.45) is 3.98. The van der Waals surface area contributed by atoms with Crippen LogP contribution < -0.4 is 5.56 Å². The third kappa shape index (κ3) is 4.31. The Morgan fingerprint density at radius 2 is 1.89 bits per heavy atom. The molecule has 2 aromatic carbocycles. The maximum absolute atomic E-state index is 13.8. The van der Waals surface area contributed by atoms with Gasteiger partial charge in [-0.3, -0.25) is 9.36 Å². The van der Waals surface area contributed by atoms with Crippen LogP contribution in [-0.2, 0) is 6.54 Å². The van der Waals surface area contributed by atoms with Crippen LogP contribution in [0.1, 0.15) is 12.1 Å². The van der Waals surface area contributed by atoms with Gasteiger partial charge in [0, 0.05) is 12.1 Å². The van der Waals surface area contributed by atoms with Gasteiger partial charge in [-0.25, -0.2) is 9.37 Å².